The van der Waals surface area contributed by atoms with E-state index in [2.05, 4.69) is 30.7 Å². The van der Waals surface area contributed by atoms with Crippen molar-refractivity contribution in [1.82, 2.24) is 9.97 Å². The van der Waals surface area contributed by atoms with Crippen molar-refractivity contribution in [2.75, 3.05) is 30.9 Å². The highest BCUT2D eigenvalue weighted by Gasteiger charge is 2.27. The molecular weight excluding hydrogens is 480 g/mol. The molecule has 4 N–H and O–H groups in total. The number of methoxy groups -OCH3 is 1. The van der Waals surface area contributed by atoms with E-state index in [0.29, 0.717) is 34.5 Å². The van der Waals surface area contributed by atoms with Crippen LogP contribution in [0.1, 0.15) is 44.9 Å². The minimum Gasteiger partial charge on any atom is -0.496 e. The number of H-pyrrole nitrogens is 1. The van der Waals surface area contributed by atoms with Gasteiger partial charge in [0.2, 0.25) is 10.0 Å². The third-order valence-electron chi connectivity index (χ3n) is 6.81. The lowest BCUT2D eigenvalue weighted by Crippen LogP contribution is -2.22. The van der Waals surface area contributed by atoms with Crippen LogP contribution in [0, 0.1) is 5.92 Å². The maximum atomic E-state index is 12.9. The maximum absolute atomic E-state index is 12.9. The normalized spacial score (nSPS) is 16.6. The van der Waals surface area contributed by atoms with Crippen molar-refractivity contribution in [3.05, 3.63) is 52.1 Å². The number of ether oxygens (including phenoxy) is 1. The van der Waals surface area contributed by atoms with E-state index in [1.54, 1.807) is 25.4 Å². The quantitative estimate of drug-likeness (QED) is 0.441. The number of nitrogens with two attached hydrogens (primary N) is 1. The molecule has 4 rings (SSSR count). The smallest absolute Gasteiger partial charge is 0.256 e. The van der Waals surface area contributed by atoms with Crippen molar-refractivity contribution in [1.29, 1.82) is 0 Å². The Morgan fingerprint density at radius 3 is 2.61 bits per heavy atom. The first-order chi connectivity index (χ1) is 16.9. The Morgan fingerprint density at radius 1 is 1.25 bits per heavy atom. The van der Waals surface area contributed by atoms with Crippen LogP contribution in [0.25, 0.3) is 22.0 Å². The van der Waals surface area contributed by atoms with Crippen molar-refractivity contribution in [2.45, 2.75) is 45.6 Å². The lowest BCUT2D eigenvalue weighted by Gasteiger charge is -2.26. The average Bonchev–Trinajstić information content (AvgIpc) is 3.29. The lowest BCUT2D eigenvalue weighted by molar-refractivity contribution is 0.276. The zero-order chi connectivity index (χ0) is 26.3. The predicted octanol–water partition coefficient (Wildman–Crippen LogP) is 2.89. The largest absolute Gasteiger partial charge is 0.496 e. The summed E-state index contributed by atoms with van der Waals surface area (Å²) in [5, 5.41) is 15.4. The van der Waals surface area contributed by atoms with Gasteiger partial charge in [-0.3, -0.25) is 9.78 Å². The molecule has 0 amide bonds. The summed E-state index contributed by atoms with van der Waals surface area (Å²) in [7, 11) is -1.84. The molecule has 0 unspecified atom stereocenters. The zero-order valence-electron chi connectivity index (χ0n) is 21.2. The van der Waals surface area contributed by atoms with E-state index in [0.717, 1.165) is 36.1 Å². The number of sulfonamides is 1. The van der Waals surface area contributed by atoms with Crippen LogP contribution in [-0.2, 0) is 22.0 Å². The summed E-state index contributed by atoms with van der Waals surface area (Å²) in [6.07, 6.45) is 3.20. The first-order valence-electron chi connectivity index (χ1n) is 12.0. The summed E-state index contributed by atoms with van der Waals surface area (Å²) in [5.74, 6) is 0.932. The number of fused-ring (bicyclic) bond motifs is 1. The van der Waals surface area contributed by atoms with Gasteiger partial charge in [-0.25, -0.2) is 13.6 Å². The first kappa shape index (κ1) is 26.1. The van der Waals surface area contributed by atoms with Crippen molar-refractivity contribution >= 4 is 26.6 Å². The Bertz CT molecular complexity index is 1440. The second-order valence-electron chi connectivity index (χ2n) is 10.5. The van der Waals surface area contributed by atoms with E-state index in [-0.39, 0.29) is 29.3 Å². The lowest BCUT2D eigenvalue weighted by atomic mass is 9.83. The van der Waals surface area contributed by atoms with Crippen molar-refractivity contribution in [3.8, 4) is 16.9 Å². The Hall–Kier alpha value is -2.95. The fourth-order valence-corrected chi connectivity index (χ4v) is 5.53. The van der Waals surface area contributed by atoms with Crippen LogP contribution in [0.3, 0.4) is 0 Å². The van der Waals surface area contributed by atoms with E-state index >= 15 is 0 Å². The van der Waals surface area contributed by atoms with Gasteiger partial charge in [-0.15, -0.1) is 0 Å². The molecule has 1 aromatic carbocycles. The van der Waals surface area contributed by atoms with Gasteiger partial charge in [0, 0.05) is 40.9 Å². The highest BCUT2D eigenvalue weighted by Crippen LogP contribution is 2.42. The van der Waals surface area contributed by atoms with Gasteiger partial charge in [-0.1, -0.05) is 20.8 Å². The van der Waals surface area contributed by atoms with Crippen LogP contribution in [-0.4, -0.2) is 49.4 Å². The van der Waals surface area contributed by atoms with Crippen LogP contribution in [0.5, 0.6) is 5.75 Å². The molecule has 10 heteroatoms. The molecule has 36 heavy (non-hydrogen) atoms. The molecule has 1 fully saturated rings. The average molecular weight is 515 g/mol. The summed E-state index contributed by atoms with van der Waals surface area (Å²) in [6.45, 7) is 7.54. The Kier molecular flexibility index (Phi) is 7.14. The van der Waals surface area contributed by atoms with E-state index < -0.39 is 10.0 Å². The third-order valence-corrected chi connectivity index (χ3v) is 7.62. The molecule has 9 nitrogen and oxygen atoms in total. The minimum absolute atomic E-state index is 0.0166. The van der Waals surface area contributed by atoms with Gasteiger partial charge in [0.25, 0.3) is 5.56 Å². The standard InChI is InChI=1S/C26H34N4O5S/c1-26(2,3)22-12-20(19-6-5-17(15-31)29-25(19)32)23-21(24(22)35-4)11-18(13-28-23)30-9-7-16(14-30)8-10-36(27,33)34/h5-6,11-13,16,31H,7-10,14-15H2,1-4H3,(H,29,32)(H2,27,33,34)/t16-/m0/s1. The summed E-state index contributed by atoms with van der Waals surface area (Å²) in [5.41, 5.74) is 3.56. The van der Waals surface area contributed by atoms with E-state index in [4.69, 9.17) is 14.9 Å². The van der Waals surface area contributed by atoms with Crippen molar-refractivity contribution in [3.63, 3.8) is 0 Å². The second kappa shape index (κ2) is 9.84. The number of primary sulfonamides is 1. The number of pyridine rings is 2. The molecule has 0 bridgehead atoms. The number of benzene rings is 1. The molecule has 3 heterocycles. The van der Waals surface area contributed by atoms with Gasteiger partial charge in [-0.05, 0) is 48.4 Å². The Labute approximate surface area is 211 Å². The number of nitrogens with zero attached hydrogens (tertiary/aromatic N) is 2. The summed E-state index contributed by atoms with van der Waals surface area (Å²) in [6, 6.07) is 7.42. The van der Waals surface area contributed by atoms with Crippen molar-refractivity contribution in [2.24, 2.45) is 11.1 Å². The van der Waals surface area contributed by atoms with Crippen LogP contribution in [0.2, 0.25) is 0 Å². The molecule has 2 aromatic heterocycles. The number of nitrogens with one attached hydrogen (secondary N) is 1. The number of rotatable bonds is 7. The molecule has 3 aromatic rings. The summed E-state index contributed by atoms with van der Waals surface area (Å²) < 4.78 is 28.7. The number of hydrogen-bond acceptors (Lipinski definition) is 7. The molecular formula is C26H34N4O5S. The van der Waals surface area contributed by atoms with E-state index in [1.807, 2.05) is 12.1 Å². The number of aliphatic hydroxyl groups excluding tert-OH is 1. The molecule has 1 aliphatic rings. The number of aromatic amines is 1. The summed E-state index contributed by atoms with van der Waals surface area (Å²) in [4.78, 5) is 22.6. The van der Waals surface area contributed by atoms with Gasteiger partial charge >= 0.3 is 0 Å². The van der Waals surface area contributed by atoms with Gasteiger partial charge in [0.15, 0.2) is 0 Å². The van der Waals surface area contributed by atoms with E-state index in [9.17, 15) is 18.3 Å². The maximum Gasteiger partial charge on any atom is 0.256 e. The minimum atomic E-state index is -3.48. The molecule has 194 valence electrons. The fourth-order valence-electron chi connectivity index (χ4n) is 4.87. The molecule has 1 aliphatic heterocycles. The Balaban J connectivity index is 1.83. The predicted molar refractivity (Wildman–Crippen MR) is 142 cm³/mol. The molecule has 0 spiro atoms. The monoisotopic (exact) mass is 514 g/mol. The van der Waals surface area contributed by atoms with Crippen LogP contribution >= 0.6 is 0 Å². The molecule has 1 atom stereocenters. The molecule has 0 radical (unpaired) electrons. The number of anilines is 1. The number of aliphatic hydroxyl groups is 1. The van der Waals surface area contributed by atoms with Gasteiger partial charge in [-0.2, -0.15) is 0 Å². The second-order valence-corrected chi connectivity index (χ2v) is 12.2. The van der Waals surface area contributed by atoms with Crippen LogP contribution < -0.4 is 20.3 Å². The number of hydrogen-bond donors (Lipinski definition) is 3. The SMILES string of the molecule is COc1c(C(C)(C)C)cc(-c2ccc(CO)[nH]c2=O)c2ncc(N3CC[C@@H](CCS(N)(=O)=O)C3)cc12. The first-order valence-corrected chi connectivity index (χ1v) is 13.7. The zero-order valence-corrected chi connectivity index (χ0v) is 22.0. The summed E-state index contributed by atoms with van der Waals surface area (Å²) >= 11 is 0. The highest BCUT2D eigenvalue weighted by molar-refractivity contribution is 7.89. The number of aromatic nitrogens is 2. The van der Waals surface area contributed by atoms with Gasteiger partial charge in [0.05, 0.1) is 36.9 Å². The van der Waals surface area contributed by atoms with E-state index in [1.165, 1.54) is 0 Å². The fraction of sp³-hybridized carbons (Fsp3) is 0.462. The van der Waals surface area contributed by atoms with Gasteiger partial charge in [0.1, 0.15) is 5.75 Å². The molecule has 0 aliphatic carbocycles. The Morgan fingerprint density at radius 2 is 2.00 bits per heavy atom. The molecule has 1 saturated heterocycles. The highest BCUT2D eigenvalue weighted by atomic mass is 32.2. The topological polar surface area (TPSA) is 139 Å². The van der Waals surface area contributed by atoms with Crippen molar-refractivity contribution < 1.29 is 18.3 Å². The van der Waals surface area contributed by atoms with Crippen LogP contribution in [0.4, 0.5) is 5.69 Å². The van der Waals surface area contributed by atoms with Gasteiger partial charge < -0.3 is 19.7 Å². The third kappa shape index (κ3) is 5.40. The van der Waals surface area contributed by atoms with Crippen LogP contribution in [0.15, 0.2) is 35.3 Å². The molecule has 0 saturated carbocycles.